The van der Waals surface area contributed by atoms with Crippen LogP contribution in [0.1, 0.15) is 43.2 Å². The zero-order valence-electron chi connectivity index (χ0n) is 9.42. The molecule has 2 heteroatoms. The molecule has 16 heavy (non-hydrogen) atoms. The van der Waals surface area contributed by atoms with Crippen molar-refractivity contribution < 1.29 is 8.78 Å². The number of rotatable bonds is 1. The third-order valence-corrected chi connectivity index (χ3v) is 3.26. The Morgan fingerprint density at radius 1 is 1.31 bits per heavy atom. The second-order valence-electron chi connectivity index (χ2n) is 4.37. The van der Waals surface area contributed by atoms with Gasteiger partial charge in [0.25, 0.3) is 5.92 Å². The van der Waals surface area contributed by atoms with E-state index in [0.717, 1.165) is 18.1 Å². The van der Waals surface area contributed by atoms with Crippen molar-refractivity contribution in [2.24, 2.45) is 0 Å². The van der Waals surface area contributed by atoms with Crippen molar-refractivity contribution in [3.8, 4) is 0 Å². The average molecular weight is 222 g/mol. The summed E-state index contributed by atoms with van der Waals surface area (Å²) in [5.41, 5.74) is 2.14. The third-order valence-electron chi connectivity index (χ3n) is 3.26. The van der Waals surface area contributed by atoms with Crippen molar-refractivity contribution in [2.75, 3.05) is 0 Å². The van der Waals surface area contributed by atoms with Gasteiger partial charge in [-0.3, -0.25) is 0 Å². The van der Waals surface area contributed by atoms with Gasteiger partial charge in [0.05, 0.1) is 0 Å². The van der Waals surface area contributed by atoms with Gasteiger partial charge >= 0.3 is 0 Å². The standard InChI is InChI=1S/C14H16F2/c1-2-11-7-9-14(15,16)10-8-12-5-3-4-6-13(11)12/h3-6,8,10-11H,2,7,9H2,1H3/b10-8-. The normalized spacial score (nSPS) is 25.3. The maximum absolute atomic E-state index is 13.4. The van der Waals surface area contributed by atoms with Crippen LogP contribution in [0.2, 0.25) is 0 Å². The van der Waals surface area contributed by atoms with Gasteiger partial charge in [-0.25, -0.2) is 8.78 Å². The first-order valence-electron chi connectivity index (χ1n) is 5.78. The van der Waals surface area contributed by atoms with Crippen molar-refractivity contribution in [1.29, 1.82) is 0 Å². The minimum atomic E-state index is -2.65. The molecule has 0 heterocycles. The molecule has 0 nitrogen and oxygen atoms in total. The lowest BCUT2D eigenvalue weighted by molar-refractivity contribution is 0.0416. The zero-order chi connectivity index (χ0) is 11.6. The van der Waals surface area contributed by atoms with Crippen LogP contribution in [0.15, 0.2) is 30.3 Å². The van der Waals surface area contributed by atoms with Crippen LogP contribution < -0.4 is 0 Å². The number of hydrogen-bond acceptors (Lipinski definition) is 0. The number of alkyl halides is 2. The molecule has 1 unspecified atom stereocenters. The number of halogens is 2. The van der Waals surface area contributed by atoms with Crippen LogP contribution in [0.25, 0.3) is 6.08 Å². The molecule has 2 rings (SSSR count). The molecule has 0 aromatic heterocycles. The van der Waals surface area contributed by atoms with Crippen molar-refractivity contribution >= 4 is 6.08 Å². The summed E-state index contributed by atoms with van der Waals surface area (Å²) in [5, 5.41) is 0. The van der Waals surface area contributed by atoms with Crippen LogP contribution >= 0.6 is 0 Å². The molecular weight excluding hydrogens is 206 g/mol. The van der Waals surface area contributed by atoms with E-state index in [9.17, 15) is 8.78 Å². The van der Waals surface area contributed by atoms with E-state index in [4.69, 9.17) is 0 Å². The Balaban J connectivity index is 2.44. The Morgan fingerprint density at radius 2 is 2.06 bits per heavy atom. The Kier molecular flexibility index (Phi) is 3.08. The molecule has 0 bridgehead atoms. The van der Waals surface area contributed by atoms with E-state index in [1.165, 1.54) is 5.56 Å². The van der Waals surface area contributed by atoms with Gasteiger partial charge in [-0.05, 0) is 36.0 Å². The molecule has 0 amide bonds. The molecule has 0 N–H and O–H groups in total. The Morgan fingerprint density at radius 3 is 2.81 bits per heavy atom. The predicted molar refractivity (Wildman–Crippen MR) is 62.7 cm³/mol. The van der Waals surface area contributed by atoms with Crippen molar-refractivity contribution in [3.05, 3.63) is 41.5 Å². The highest BCUT2D eigenvalue weighted by atomic mass is 19.3. The fourth-order valence-corrected chi connectivity index (χ4v) is 2.28. The van der Waals surface area contributed by atoms with Gasteiger partial charge in [0.2, 0.25) is 0 Å². The van der Waals surface area contributed by atoms with Gasteiger partial charge in [0, 0.05) is 6.42 Å². The Bertz CT molecular complexity index is 393. The van der Waals surface area contributed by atoms with Crippen LogP contribution in [-0.4, -0.2) is 5.92 Å². The quantitative estimate of drug-likeness (QED) is 0.650. The van der Waals surface area contributed by atoms with Gasteiger partial charge in [-0.1, -0.05) is 37.3 Å². The molecule has 0 saturated heterocycles. The summed E-state index contributed by atoms with van der Waals surface area (Å²) in [6.07, 6.45) is 4.04. The molecule has 0 aliphatic heterocycles. The van der Waals surface area contributed by atoms with E-state index >= 15 is 0 Å². The lowest BCUT2D eigenvalue weighted by atomic mass is 9.85. The van der Waals surface area contributed by atoms with Crippen molar-refractivity contribution in [1.82, 2.24) is 0 Å². The van der Waals surface area contributed by atoms with Gasteiger partial charge in [-0.15, -0.1) is 0 Å². The number of fused-ring (bicyclic) bond motifs is 1. The smallest absolute Gasteiger partial charge is 0.202 e. The molecule has 0 fully saturated rings. The SMILES string of the molecule is CCC1CCC(F)(F)/C=C\c2ccccc21. The van der Waals surface area contributed by atoms with Crippen molar-refractivity contribution in [2.45, 2.75) is 38.0 Å². The summed E-state index contributed by atoms with van der Waals surface area (Å²) in [4.78, 5) is 0. The van der Waals surface area contributed by atoms with Crippen molar-refractivity contribution in [3.63, 3.8) is 0 Å². The summed E-state index contributed by atoms with van der Waals surface area (Å²) in [5.74, 6) is -2.40. The van der Waals surface area contributed by atoms with Crippen LogP contribution in [0.5, 0.6) is 0 Å². The summed E-state index contributed by atoms with van der Waals surface area (Å²) < 4.78 is 26.7. The summed E-state index contributed by atoms with van der Waals surface area (Å²) in [6, 6.07) is 7.85. The highest BCUT2D eigenvalue weighted by Crippen LogP contribution is 2.35. The molecular formula is C14H16F2. The topological polar surface area (TPSA) is 0 Å². The van der Waals surface area contributed by atoms with Gasteiger partial charge in [-0.2, -0.15) is 0 Å². The summed E-state index contributed by atoms with van der Waals surface area (Å²) in [6.45, 7) is 2.06. The Labute approximate surface area is 95.0 Å². The number of allylic oxidation sites excluding steroid dienone is 1. The highest BCUT2D eigenvalue weighted by molar-refractivity contribution is 5.56. The zero-order valence-corrected chi connectivity index (χ0v) is 9.42. The van der Waals surface area contributed by atoms with Gasteiger partial charge < -0.3 is 0 Å². The van der Waals surface area contributed by atoms with E-state index in [1.807, 2.05) is 18.2 Å². The second-order valence-corrected chi connectivity index (χ2v) is 4.37. The first-order valence-corrected chi connectivity index (χ1v) is 5.78. The highest BCUT2D eigenvalue weighted by Gasteiger charge is 2.28. The van der Waals surface area contributed by atoms with E-state index in [-0.39, 0.29) is 12.3 Å². The van der Waals surface area contributed by atoms with Gasteiger partial charge in [0.15, 0.2) is 0 Å². The molecule has 0 spiro atoms. The predicted octanol–water partition coefficient (Wildman–Crippen LogP) is 4.62. The number of benzene rings is 1. The van der Waals surface area contributed by atoms with Crippen LogP contribution in [0.3, 0.4) is 0 Å². The monoisotopic (exact) mass is 222 g/mol. The average Bonchev–Trinajstić information content (AvgIpc) is 2.27. The molecule has 86 valence electrons. The molecule has 1 atom stereocenters. The summed E-state index contributed by atoms with van der Waals surface area (Å²) in [7, 11) is 0. The molecule has 1 aromatic rings. The van der Waals surface area contributed by atoms with E-state index in [0.29, 0.717) is 6.42 Å². The minimum Gasteiger partial charge on any atom is -0.202 e. The molecule has 1 aromatic carbocycles. The van der Waals surface area contributed by atoms with Crippen LogP contribution in [0.4, 0.5) is 8.78 Å². The van der Waals surface area contributed by atoms with Gasteiger partial charge in [0.1, 0.15) is 0 Å². The molecule has 1 aliphatic rings. The summed E-state index contributed by atoms with van der Waals surface area (Å²) >= 11 is 0. The second kappa shape index (κ2) is 4.36. The first-order chi connectivity index (χ1) is 7.62. The molecule has 1 aliphatic carbocycles. The van der Waals surface area contributed by atoms with Crippen LogP contribution in [-0.2, 0) is 0 Å². The minimum absolute atomic E-state index is 0.0453. The maximum Gasteiger partial charge on any atom is 0.266 e. The van der Waals surface area contributed by atoms with E-state index in [2.05, 4.69) is 13.0 Å². The maximum atomic E-state index is 13.4. The fourth-order valence-electron chi connectivity index (χ4n) is 2.28. The number of hydrogen-bond donors (Lipinski definition) is 0. The lowest BCUT2D eigenvalue weighted by Crippen LogP contribution is -2.16. The van der Waals surface area contributed by atoms with E-state index in [1.54, 1.807) is 6.08 Å². The molecule has 0 radical (unpaired) electrons. The lowest BCUT2D eigenvalue weighted by Gasteiger charge is -2.23. The first kappa shape index (κ1) is 11.3. The Hall–Kier alpha value is -1.18. The fraction of sp³-hybridized carbons (Fsp3) is 0.429. The third kappa shape index (κ3) is 2.31. The van der Waals surface area contributed by atoms with E-state index < -0.39 is 5.92 Å². The largest absolute Gasteiger partial charge is 0.266 e. The van der Waals surface area contributed by atoms with Crippen LogP contribution in [0, 0.1) is 0 Å². The molecule has 0 saturated carbocycles.